The summed E-state index contributed by atoms with van der Waals surface area (Å²) in [5.74, 6) is -0.252. The van der Waals surface area contributed by atoms with Crippen molar-refractivity contribution in [1.82, 2.24) is 4.98 Å². The molecule has 0 amide bonds. The van der Waals surface area contributed by atoms with E-state index in [1.54, 1.807) is 17.4 Å². The molecular weight excluding hydrogens is 278 g/mol. The first-order valence-electron chi connectivity index (χ1n) is 6.01. The number of esters is 1. The van der Waals surface area contributed by atoms with Crippen molar-refractivity contribution < 1.29 is 9.53 Å². The first kappa shape index (κ1) is 14.1. The molecule has 19 heavy (non-hydrogen) atoms. The molecule has 0 bridgehead atoms. The van der Waals surface area contributed by atoms with Crippen LogP contribution in [-0.4, -0.2) is 17.6 Å². The number of fused-ring (bicyclic) bond motifs is 1. The average molecular weight is 293 g/mol. The van der Waals surface area contributed by atoms with Gasteiger partial charge >= 0.3 is 5.97 Å². The van der Waals surface area contributed by atoms with Gasteiger partial charge in [-0.25, -0.2) is 4.98 Å². The van der Waals surface area contributed by atoms with E-state index in [2.05, 4.69) is 17.6 Å². The molecule has 3 nitrogen and oxygen atoms in total. The lowest BCUT2D eigenvalue weighted by Crippen LogP contribution is -2.07. The van der Waals surface area contributed by atoms with Gasteiger partial charge in [-0.15, -0.1) is 11.3 Å². The number of ether oxygens (including phenoxy) is 1. The first-order valence-corrected chi connectivity index (χ1v) is 7.34. The molecule has 1 unspecified atom stereocenters. The molecule has 0 saturated heterocycles. The summed E-state index contributed by atoms with van der Waals surface area (Å²) in [6.45, 7) is 2.20. The van der Waals surface area contributed by atoms with Crippen molar-refractivity contribution in [3.63, 3.8) is 0 Å². The maximum Gasteiger partial charge on any atom is 0.307 e. The van der Waals surface area contributed by atoms with Crippen molar-refractivity contribution in [3.8, 4) is 0 Å². The molecular formula is C14H15NO2S2. The van der Waals surface area contributed by atoms with Crippen molar-refractivity contribution in [3.05, 3.63) is 41.4 Å². The van der Waals surface area contributed by atoms with Gasteiger partial charge in [0.25, 0.3) is 0 Å². The van der Waals surface area contributed by atoms with E-state index in [4.69, 9.17) is 4.74 Å². The second-order valence-corrected chi connectivity index (χ2v) is 5.68. The fourth-order valence-electron chi connectivity index (χ4n) is 1.57. The highest BCUT2D eigenvalue weighted by molar-refractivity contribution is 7.80. The van der Waals surface area contributed by atoms with Crippen LogP contribution < -0.4 is 0 Å². The lowest BCUT2D eigenvalue weighted by Gasteiger charge is -2.06. The predicted molar refractivity (Wildman–Crippen MR) is 81.7 cm³/mol. The van der Waals surface area contributed by atoms with Crippen LogP contribution in [0.2, 0.25) is 0 Å². The highest BCUT2D eigenvalue weighted by Crippen LogP contribution is 2.31. The Morgan fingerprint density at radius 2 is 2.32 bits per heavy atom. The Morgan fingerprint density at radius 3 is 3.05 bits per heavy atom. The van der Waals surface area contributed by atoms with Crippen LogP contribution in [0.5, 0.6) is 0 Å². The third kappa shape index (κ3) is 3.81. The van der Waals surface area contributed by atoms with Crippen LogP contribution >= 0.6 is 24.0 Å². The molecule has 0 spiro atoms. The summed E-state index contributed by atoms with van der Waals surface area (Å²) in [5, 5.41) is 0.642. The Kier molecular flexibility index (Phi) is 4.99. The van der Waals surface area contributed by atoms with Gasteiger partial charge in [0.1, 0.15) is 11.6 Å². The van der Waals surface area contributed by atoms with E-state index >= 15 is 0 Å². The number of hydrogen-bond donors (Lipinski definition) is 1. The van der Waals surface area contributed by atoms with Crippen LogP contribution in [0.25, 0.3) is 10.2 Å². The molecule has 2 rings (SSSR count). The fraction of sp³-hybridized carbons (Fsp3) is 0.286. The second kappa shape index (κ2) is 6.73. The molecule has 1 atom stereocenters. The van der Waals surface area contributed by atoms with Gasteiger partial charge in [0, 0.05) is 0 Å². The van der Waals surface area contributed by atoms with E-state index in [1.165, 1.54) is 0 Å². The predicted octanol–water partition coefficient (Wildman–Crippen LogP) is 3.78. The number of carbonyl (C=O) groups excluding carboxylic acids is 1. The van der Waals surface area contributed by atoms with Crippen molar-refractivity contribution in [2.75, 3.05) is 6.61 Å². The van der Waals surface area contributed by atoms with Crippen molar-refractivity contribution in [1.29, 1.82) is 0 Å². The summed E-state index contributed by atoms with van der Waals surface area (Å²) in [4.78, 5) is 16.1. The van der Waals surface area contributed by atoms with E-state index < -0.39 is 0 Å². The molecule has 100 valence electrons. The summed E-state index contributed by atoms with van der Waals surface area (Å²) >= 11 is 6.01. The highest BCUT2D eigenvalue weighted by Gasteiger charge is 2.16. The Hall–Kier alpha value is -1.33. The zero-order chi connectivity index (χ0) is 13.7. The monoisotopic (exact) mass is 293 g/mol. The number of carbonyl (C=O) groups is 1. The number of thiazole rings is 1. The van der Waals surface area contributed by atoms with Crippen LogP contribution in [0.4, 0.5) is 0 Å². The second-order valence-electron chi connectivity index (χ2n) is 3.99. The zero-order valence-electron chi connectivity index (χ0n) is 10.6. The maximum absolute atomic E-state index is 11.6. The van der Waals surface area contributed by atoms with Gasteiger partial charge in [-0.05, 0) is 19.1 Å². The van der Waals surface area contributed by atoms with E-state index in [-0.39, 0.29) is 17.6 Å². The van der Waals surface area contributed by atoms with Crippen LogP contribution in [-0.2, 0) is 9.53 Å². The first-order chi connectivity index (χ1) is 9.20. The highest BCUT2D eigenvalue weighted by atomic mass is 32.1. The third-order valence-electron chi connectivity index (χ3n) is 2.53. The zero-order valence-corrected chi connectivity index (χ0v) is 12.3. The molecule has 0 aliphatic rings. The molecule has 0 fully saturated rings. The van der Waals surface area contributed by atoms with Crippen LogP contribution in [0.3, 0.4) is 0 Å². The van der Waals surface area contributed by atoms with Crippen molar-refractivity contribution in [2.45, 2.75) is 18.6 Å². The van der Waals surface area contributed by atoms with Gasteiger partial charge in [-0.3, -0.25) is 4.79 Å². The normalized spacial score (nSPS) is 12.9. The van der Waals surface area contributed by atoms with Crippen LogP contribution in [0.15, 0.2) is 36.4 Å². The van der Waals surface area contributed by atoms with Crippen LogP contribution in [0.1, 0.15) is 23.6 Å². The van der Waals surface area contributed by atoms with E-state index in [9.17, 15) is 4.79 Å². The Morgan fingerprint density at radius 1 is 1.53 bits per heavy atom. The van der Waals surface area contributed by atoms with Gasteiger partial charge in [-0.1, -0.05) is 24.3 Å². The fourth-order valence-corrected chi connectivity index (χ4v) is 2.89. The number of para-hydroxylation sites is 1. The van der Waals surface area contributed by atoms with E-state index in [0.29, 0.717) is 6.61 Å². The van der Waals surface area contributed by atoms with Crippen molar-refractivity contribution >= 4 is 40.2 Å². The van der Waals surface area contributed by atoms with E-state index in [0.717, 1.165) is 15.2 Å². The summed E-state index contributed by atoms with van der Waals surface area (Å²) in [5.41, 5.74) is 0.948. The number of benzene rings is 1. The van der Waals surface area contributed by atoms with Gasteiger partial charge < -0.3 is 4.74 Å². The topological polar surface area (TPSA) is 39.2 Å². The lowest BCUT2D eigenvalue weighted by molar-refractivity contribution is -0.142. The standard InChI is InChI=1S/C14H15NO2S2/c1-2-3-8-17-13(16)9-11(18)14-15-10-6-4-5-7-12(10)19-14/h2-7,11,18H,8-9H2,1H3. The Labute approximate surface area is 121 Å². The summed E-state index contributed by atoms with van der Waals surface area (Å²) in [7, 11) is 0. The molecule has 2 aromatic rings. The van der Waals surface area contributed by atoms with Gasteiger partial charge in [0.15, 0.2) is 0 Å². The molecule has 5 heteroatoms. The number of hydrogen-bond acceptors (Lipinski definition) is 5. The average Bonchev–Trinajstić information content (AvgIpc) is 2.83. The largest absolute Gasteiger partial charge is 0.461 e. The molecule has 1 aromatic carbocycles. The minimum Gasteiger partial charge on any atom is -0.461 e. The quantitative estimate of drug-likeness (QED) is 0.518. The molecule has 0 saturated carbocycles. The lowest BCUT2D eigenvalue weighted by atomic mass is 10.3. The van der Waals surface area contributed by atoms with E-state index in [1.807, 2.05) is 37.3 Å². The summed E-state index contributed by atoms with van der Waals surface area (Å²) in [6.07, 6.45) is 3.88. The molecule has 1 heterocycles. The molecule has 1 aromatic heterocycles. The third-order valence-corrected chi connectivity index (χ3v) is 4.28. The SMILES string of the molecule is CC=CCOC(=O)CC(S)c1nc2ccccc2s1. The smallest absolute Gasteiger partial charge is 0.307 e. The number of nitrogens with zero attached hydrogens (tertiary/aromatic N) is 1. The van der Waals surface area contributed by atoms with Crippen LogP contribution in [0, 0.1) is 0 Å². The number of allylic oxidation sites excluding steroid dienone is 1. The summed E-state index contributed by atoms with van der Waals surface area (Å²) < 4.78 is 6.16. The van der Waals surface area contributed by atoms with Gasteiger partial charge in [-0.2, -0.15) is 12.6 Å². The minimum atomic E-state index is -0.252. The number of thiol groups is 1. The maximum atomic E-state index is 11.6. The Bertz CT molecular complexity index is 559. The molecule has 0 aliphatic heterocycles. The summed E-state index contributed by atoms with van der Waals surface area (Å²) in [6, 6.07) is 7.90. The molecule has 0 N–H and O–H groups in total. The minimum absolute atomic E-state index is 0.212. The van der Waals surface area contributed by atoms with Gasteiger partial charge in [0.05, 0.1) is 21.9 Å². The van der Waals surface area contributed by atoms with Gasteiger partial charge in [0.2, 0.25) is 0 Å². The molecule has 0 aliphatic carbocycles. The Balaban J connectivity index is 1.99. The van der Waals surface area contributed by atoms with Crippen molar-refractivity contribution in [2.24, 2.45) is 0 Å². The number of rotatable bonds is 5. The number of aromatic nitrogens is 1. The molecule has 0 radical (unpaired) electrons.